The Labute approximate surface area is 113 Å². The number of hydrogen-bond donors (Lipinski definition) is 1. The number of rotatable bonds is 4. The van der Waals surface area contributed by atoms with Crippen LogP contribution in [0.2, 0.25) is 0 Å². The molecule has 2 N–H and O–H groups in total. The number of aromatic nitrogens is 2. The highest BCUT2D eigenvalue weighted by Crippen LogP contribution is 2.23. The van der Waals surface area contributed by atoms with Gasteiger partial charge in [0.1, 0.15) is 5.75 Å². The summed E-state index contributed by atoms with van der Waals surface area (Å²) in [5, 5.41) is 0. The van der Waals surface area contributed by atoms with Crippen LogP contribution in [0.3, 0.4) is 0 Å². The Balaban J connectivity index is 2.21. The summed E-state index contributed by atoms with van der Waals surface area (Å²) < 4.78 is 5.66. The smallest absolute Gasteiger partial charge is 0.322 e. The monoisotopic (exact) mass is 258 g/mol. The Morgan fingerprint density at radius 1 is 1.32 bits per heavy atom. The zero-order valence-electron chi connectivity index (χ0n) is 11.4. The molecule has 100 valence electrons. The Morgan fingerprint density at radius 3 is 2.74 bits per heavy atom. The van der Waals surface area contributed by atoms with E-state index in [1.54, 1.807) is 6.20 Å². The maximum absolute atomic E-state index is 5.66. The minimum absolute atomic E-state index is 0.339. The van der Waals surface area contributed by atoms with Gasteiger partial charge >= 0.3 is 6.01 Å². The van der Waals surface area contributed by atoms with E-state index in [0.29, 0.717) is 18.3 Å². The maximum atomic E-state index is 5.66. The van der Waals surface area contributed by atoms with Crippen molar-refractivity contribution in [1.29, 1.82) is 0 Å². The molecule has 0 atom stereocenters. The Morgan fingerprint density at radius 2 is 2.11 bits per heavy atom. The number of ether oxygens (including phenoxy) is 1. The fraction of sp³-hybridized carbons (Fsp3) is 0.286. The summed E-state index contributed by atoms with van der Waals surface area (Å²) in [5.74, 6) is 0.714. The van der Waals surface area contributed by atoms with E-state index in [4.69, 9.17) is 10.5 Å². The molecule has 19 heavy (non-hydrogen) atoms. The zero-order valence-corrected chi connectivity index (χ0v) is 11.4. The number of hydrogen-bond acceptors (Lipinski definition) is 5. The molecule has 1 heterocycles. The van der Waals surface area contributed by atoms with Crippen molar-refractivity contribution in [3.05, 3.63) is 41.7 Å². The number of benzene rings is 1. The lowest BCUT2D eigenvalue weighted by Gasteiger charge is -2.13. The second kappa shape index (κ2) is 5.67. The molecule has 0 amide bonds. The first-order chi connectivity index (χ1) is 9.10. The van der Waals surface area contributed by atoms with Crippen LogP contribution in [-0.2, 0) is 6.54 Å². The van der Waals surface area contributed by atoms with Crippen molar-refractivity contribution in [1.82, 2.24) is 9.97 Å². The highest BCUT2D eigenvalue weighted by Gasteiger charge is 2.05. The predicted octanol–water partition coefficient (Wildman–Crippen LogP) is 2.10. The van der Waals surface area contributed by atoms with Gasteiger partial charge in [-0.3, -0.25) is 0 Å². The van der Waals surface area contributed by atoms with Gasteiger partial charge in [-0.25, -0.2) is 4.98 Å². The van der Waals surface area contributed by atoms with Crippen LogP contribution in [0.5, 0.6) is 11.8 Å². The van der Waals surface area contributed by atoms with Crippen molar-refractivity contribution in [3.8, 4) is 11.8 Å². The molecule has 0 spiro atoms. The summed E-state index contributed by atoms with van der Waals surface area (Å²) >= 11 is 0. The van der Waals surface area contributed by atoms with E-state index < -0.39 is 0 Å². The molecule has 0 fully saturated rings. The van der Waals surface area contributed by atoms with E-state index in [1.165, 1.54) is 0 Å². The minimum atomic E-state index is 0.339. The molecule has 2 aromatic rings. The van der Waals surface area contributed by atoms with Gasteiger partial charge in [-0.05, 0) is 19.1 Å². The number of nitrogens with two attached hydrogens (primary N) is 1. The Kier molecular flexibility index (Phi) is 3.97. The molecule has 1 aromatic carbocycles. The van der Waals surface area contributed by atoms with Gasteiger partial charge in [-0.1, -0.05) is 6.07 Å². The van der Waals surface area contributed by atoms with E-state index in [0.717, 1.165) is 16.9 Å². The van der Waals surface area contributed by atoms with E-state index in [9.17, 15) is 0 Å². The fourth-order valence-corrected chi connectivity index (χ4v) is 1.65. The zero-order chi connectivity index (χ0) is 13.8. The van der Waals surface area contributed by atoms with Crippen molar-refractivity contribution in [2.45, 2.75) is 13.5 Å². The minimum Gasteiger partial charge on any atom is -0.424 e. The molecule has 1 aromatic heterocycles. The summed E-state index contributed by atoms with van der Waals surface area (Å²) in [7, 11) is 3.96. The summed E-state index contributed by atoms with van der Waals surface area (Å²) in [6.45, 7) is 2.33. The summed E-state index contributed by atoms with van der Waals surface area (Å²) in [5.41, 5.74) is 8.41. The molecule has 0 aliphatic heterocycles. The predicted molar refractivity (Wildman–Crippen MR) is 75.5 cm³/mol. The van der Waals surface area contributed by atoms with Crippen molar-refractivity contribution >= 4 is 5.69 Å². The van der Waals surface area contributed by atoms with Crippen molar-refractivity contribution < 1.29 is 4.74 Å². The third-order valence-electron chi connectivity index (χ3n) is 2.82. The van der Waals surface area contributed by atoms with Gasteiger partial charge in [0.15, 0.2) is 0 Å². The van der Waals surface area contributed by atoms with E-state index in [2.05, 4.69) is 9.97 Å². The quantitative estimate of drug-likeness (QED) is 0.909. The standard InChI is InChI=1S/C14H18N4O/c1-10-11(8-15)9-16-14(17-10)19-13-6-4-5-12(7-13)18(2)3/h4-7,9H,8,15H2,1-3H3. The van der Waals surface area contributed by atoms with Gasteiger partial charge < -0.3 is 15.4 Å². The average molecular weight is 258 g/mol. The lowest BCUT2D eigenvalue weighted by atomic mass is 10.2. The first kappa shape index (κ1) is 13.3. The number of anilines is 1. The van der Waals surface area contributed by atoms with Gasteiger partial charge in [0.25, 0.3) is 0 Å². The van der Waals surface area contributed by atoms with Gasteiger partial charge in [0.05, 0.1) is 0 Å². The molecule has 2 rings (SSSR count). The van der Waals surface area contributed by atoms with E-state index in [1.807, 2.05) is 50.2 Å². The summed E-state index contributed by atoms with van der Waals surface area (Å²) in [6, 6.07) is 8.10. The first-order valence-electron chi connectivity index (χ1n) is 6.08. The molecular formula is C14H18N4O. The second-order valence-electron chi connectivity index (χ2n) is 4.46. The molecule has 0 radical (unpaired) electrons. The van der Waals surface area contributed by atoms with Crippen molar-refractivity contribution in [3.63, 3.8) is 0 Å². The highest BCUT2D eigenvalue weighted by atomic mass is 16.5. The third-order valence-corrected chi connectivity index (χ3v) is 2.82. The molecule has 5 nitrogen and oxygen atoms in total. The van der Waals surface area contributed by atoms with Crippen LogP contribution in [0.4, 0.5) is 5.69 Å². The topological polar surface area (TPSA) is 64.3 Å². The van der Waals surface area contributed by atoms with Crippen LogP contribution in [0, 0.1) is 6.92 Å². The lowest BCUT2D eigenvalue weighted by molar-refractivity contribution is 0.439. The molecule has 5 heteroatoms. The van der Waals surface area contributed by atoms with Gasteiger partial charge in [0.2, 0.25) is 0 Å². The molecule has 0 aliphatic carbocycles. The maximum Gasteiger partial charge on any atom is 0.322 e. The van der Waals surface area contributed by atoms with Crippen molar-refractivity contribution in [2.24, 2.45) is 5.73 Å². The van der Waals surface area contributed by atoms with Crippen LogP contribution in [-0.4, -0.2) is 24.1 Å². The normalized spacial score (nSPS) is 10.3. The van der Waals surface area contributed by atoms with Crippen LogP contribution < -0.4 is 15.4 Å². The van der Waals surface area contributed by atoms with Crippen LogP contribution in [0.15, 0.2) is 30.5 Å². The molecule has 0 aliphatic rings. The SMILES string of the molecule is Cc1nc(Oc2cccc(N(C)C)c2)ncc1CN. The first-order valence-corrected chi connectivity index (χ1v) is 6.08. The van der Waals surface area contributed by atoms with Gasteiger partial charge in [-0.2, -0.15) is 4.98 Å². The van der Waals surface area contributed by atoms with Crippen molar-refractivity contribution in [2.75, 3.05) is 19.0 Å². The largest absolute Gasteiger partial charge is 0.424 e. The molecule has 0 saturated heterocycles. The molecule has 0 bridgehead atoms. The molecule has 0 unspecified atom stereocenters. The third kappa shape index (κ3) is 3.20. The summed E-state index contributed by atoms with van der Waals surface area (Å²) in [6.07, 6.45) is 1.70. The van der Waals surface area contributed by atoms with Gasteiger partial charge in [-0.15, -0.1) is 0 Å². The Hall–Kier alpha value is -2.14. The number of aryl methyl sites for hydroxylation is 1. The van der Waals surface area contributed by atoms with Crippen LogP contribution >= 0.6 is 0 Å². The Bertz CT molecular complexity index is 569. The lowest BCUT2D eigenvalue weighted by Crippen LogP contribution is -2.08. The highest BCUT2D eigenvalue weighted by molar-refractivity contribution is 5.49. The van der Waals surface area contributed by atoms with Crippen LogP contribution in [0.1, 0.15) is 11.3 Å². The molecular weight excluding hydrogens is 240 g/mol. The molecule has 0 saturated carbocycles. The van der Waals surface area contributed by atoms with E-state index in [-0.39, 0.29) is 0 Å². The fourth-order valence-electron chi connectivity index (χ4n) is 1.65. The second-order valence-corrected chi connectivity index (χ2v) is 4.46. The average Bonchev–Trinajstić information content (AvgIpc) is 2.39. The van der Waals surface area contributed by atoms with E-state index >= 15 is 0 Å². The van der Waals surface area contributed by atoms with Crippen LogP contribution in [0.25, 0.3) is 0 Å². The number of nitrogens with zero attached hydrogens (tertiary/aromatic N) is 3. The van der Waals surface area contributed by atoms with Gasteiger partial charge in [0, 0.05) is 49.8 Å². The summed E-state index contributed by atoms with van der Waals surface area (Å²) in [4.78, 5) is 10.5.